The average molecular weight is 301 g/mol. The van der Waals surface area contributed by atoms with E-state index in [0.29, 0.717) is 24.5 Å². The van der Waals surface area contributed by atoms with Gasteiger partial charge in [-0.3, -0.25) is 0 Å². The van der Waals surface area contributed by atoms with E-state index in [1.165, 1.54) is 25.3 Å². The largest absolute Gasteiger partial charge is 0.490 e. The van der Waals surface area contributed by atoms with Crippen molar-refractivity contribution in [1.29, 1.82) is 0 Å². The smallest absolute Gasteiger partial charge is 0.330 e. The number of methoxy groups -OCH3 is 2. The quantitative estimate of drug-likeness (QED) is 0.462. The number of ether oxygens (including phenoxy) is 3. The third-order valence-corrected chi connectivity index (χ3v) is 2.65. The Hall–Kier alpha value is -1.92. The summed E-state index contributed by atoms with van der Waals surface area (Å²) in [6, 6.07) is 2.98. The molecule has 0 heterocycles. The molecule has 1 rings (SSSR count). The topological polar surface area (TPSA) is 75.8 Å². The number of nitrogens with one attached hydrogen (secondary N) is 1. The number of carbonyl (C=O) groups is 1. The van der Waals surface area contributed by atoms with Crippen LogP contribution in [0, 0.1) is 4.91 Å². The number of benzene rings is 1. The zero-order valence-electron chi connectivity index (χ0n) is 11.1. The summed E-state index contributed by atoms with van der Waals surface area (Å²) in [5, 5.41) is 2.04. The van der Waals surface area contributed by atoms with Gasteiger partial charge in [-0.05, 0) is 12.1 Å². The first-order valence-corrected chi connectivity index (χ1v) is 6.09. The van der Waals surface area contributed by atoms with Crippen molar-refractivity contribution in [3.63, 3.8) is 0 Å². The van der Waals surface area contributed by atoms with E-state index in [0.717, 1.165) is 0 Å². The summed E-state index contributed by atoms with van der Waals surface area (Å²) in [6.07, 6.45) is 2.63. The lowest BCUT2D eigenvalue weighted by molar-refractivity contribution is -0.379. The lowest BCUT2D eigenvalue weighted by Crippen LogP contribution is -2.56. The minimum absolute atomic E-state index is 0.231. The van der Waals surface area contributed by atoms with Crippen LogP contribution in [-0.4, -0.2) is 33.4 Å². The molecule has 0 amide bonds. The minimum atomic E-state index is -0.529. The molecule has 0 aromatic heterocycles. The van der Waals surface area contributed by atoms with Crippen molar-refractivity contribution in [3.05, 3.63) is 33.7 Å². The van der Waals surface area contributed by atoms with Gasteiger partial charge in [0.1, 0.15) is 12.4 Å². The van der Waals surface area contributed by atoms with Crippen LogP contribution in [0.3, 0.4) is 0 Å². The van der Waals surface area contributed by atoms with Gasteiger partial charge in [0.2, 0.25) is 0 Å². The first-order chi connectivity index (χ1) is 9.62. The lowest BCUT2D eigenvalue weighted by atomic mass is 10.1. The van der Waals surface area contributed by atoms with Gasteiger partial charge in [0.15, 0.2) is 0 Å². The molecule has 0 saturated heterocycles. The molecule has 0 bridgehead atoms. The van der Waals surface area contributed by atoms with E-state index in [4.69, 9.17) is 21.1 Å². The molecule has 0 aliphatic heterocycles. The number of hydrogen-bond donors (Lipinski definition) is 1. The molecule has 0 saturated carbocycles. The Labute approximate surface area is 121 Å². The molecule has 1 aromatic rings. The number of nitroso groups, excluding NO2 is 1. The summed E-state index contributed by atoms with van der Waals surface area (Å²) < 4.78 is 14.8. The second-order valence-corrected chi connectivity index (χ2v) is 4.08. The molecule has 0 fully saturated rings. The van der Waals surface area contributed by atoms with Crippen molar-refractivity contribution in [1.82, 2.24) is 0 Å². The van der Waals surface area contributed by atoms with Crippen LogP contribution in [0.4, 0.5) is 5.69 Å². The maximum atomic E-state index is 11.1. The maximum Gasteiger partial charge on any atom is 0.330 e. The maximum absolute atomic E-state index is 11.1. The molecule has 0 aliphatic carbocycles. The Morgan fingerprint density at radius 2 is 2.10 bits per heavy atom. The molecule has 0 radical (unpaired) electrons. The van der Waals surface area contributed by atoms with E-state index >= 15 is 0 Å². The fourth-order valence-corrected chi connectivity index (χ4v) is 1.59. The highest BCUT2D eigenvalue weighted by Crippen LogP contribution is 2.30. The summed E-state index contributed by atoms with van der Waals surface area (Å²) in [5.41, 5.74) is 0.691. The Bertz CT molecular complexity index is 516. The van der Waals surface area contributed by atoms with Crippen molar-refractivity contribution >= 4 is 29.3 Å². The van der Waals surface area contributed by atoms with Gasteiger partial charge in [-0.25, -0.2) is 4.79 Å². The van der Waals surface area contributed by atoms with Crippen LogP contribution in [-0.2, 0) is 14.3 Å². The second-order valence-electron chi connectivity index (χ2n) is 3.67. The van der Waals surface area contributed by atoms with E-state index < -0.39 is 5.97 Å². The number of halogens is 1. The van der Waals surface area contributed by atoms with Crippen molar-refractivity contribution < 1.29 is 24.2 Å². The van der Waals surface area contributed by atoms with Gasteiger partial charge in [-0.2, -0.15) is 0 Å². The molecule has 7 heteroatoms. The van der Waals surface area contributed by atoms with Crippen LogP contribution >= 0.6 is 11.6 Å². The Morgan fingerprint density at radius 3 is 2.70 bits per heavy atom. The molecular weight excluding hydrogens is 286 g/mol. The zero-order valence-corrected chi connectivity index (χ0v) is 11.9. The second kappa shape index (κ2) is 8.29. The molecule has 0 aliphatic rings. The molecule has 1 N–H and O–H groups in total. The standard InChI is InChI=1S/C13H14ClNO5/c1-18-5-6-20-12-7-9(3-4-13(16)19-2)11(15-17)8-10(12)14/h3-4,7-8H,5-6H2,1-2H3/p+1/b4-3+. The van der Waals surface area contributed by atoms with Crippen molar-refractivity contribution in [2.24, 2.45) is 0 Å². The Balaban J connectivity index is 3.01. The van der Waals surface area contributed by atoms with Gasteiger partial charge in [-0.1, -0.05) is 11.6 Å². The highest BCUT2D eigenvalue weighted by Gasteiger charge is 2.13. The first-order valence-electron chi connectivity index (χ1n) is 5.71. The van der Waals surface area contributed by atoms with Crippen LogP contribution in [0.1, 0.15) is 5.56 Å². The fourth-order valence-electron chi connectivity index (χ4n) is 1.37. The van der Waals surface area contributed by atoms with Gasteiger partial charge < -0.3 is 14.2 Å². The number of hydrogen-bond acceptors (Lipinski definition) is 5. The normalized spacial score (nSPS) is 10.6. The average Bonchev–Trinajstić information content (AvgIpc) is 2.46. The summed E-state index contributed by atoms with van der Waals surface area (Å²) in [4.78, 5) is 21.9. The lowest BCUT2D eigenvalue weighted by Gasteiger charge is -2.08. The predicted octanol–water partition coefficient (Wildman–Crippen LogP) is 1.03. The van der Waals surface area contributed by atoms with E-state index in [1.54, 1.807) is 18.4 Å². The first kappa shape index (κ1) is 16.1. The Morgan fingerprint density at radius 1 is 1.35 bits per heavy atom. The molecule has 0 spiro atoms. The monoisotopic (exact) mass is 300 g/mol. The molecule has 20 heavy (non-hydrogen) atoms. The van der Waals surface area contributed by atoms with Gasteiger partial charge >= 0.3 is 5.97 Å². The minimum Gasteiger partial charge on any atom is -0.490 e. The summed E-state index contributed by atoms with van der Waals surface area (Å²) in [6.45, 7) is 0.728. The van der Waals surface area contributed by atoms with E-state index in [2.05, 4.69) is 4.74 Å². The molecule has 0 atom stereocenters. The van der Waals surface area contributed by atoms with Gasteiger partial charge in [0.05, 0.1) is 24.3 Å². The Kier molecular flexibility index (Phi) is 6.69. The summed E-state index contributed by atoms with van der Waals surface area (Å²) >= 11 is 5.99. The third kappa shape index (κ3) is 4.64. The van der Waals surface area contributed by atoms with Gasteiger partial charge in [-0.15, -0.1) is 0 Å². The van der Waals surface area contributed by atoms with Crippen LogP contribution in [0.2, 0.25) is 5.02 Å². The fraction of sp³-hybridized carbons (Fsp3) is 0.308. The molecular formula is C13H15ClNO5+. The summed E-state index contributed by atoms with van der Waals surface area (Å²) in [7, 11) is 2.82. The van der Waals surface area contributed by atoms with E-state index in [9.17, 15) is 9.70 Å². The zero-order chi connectivity index (χ0) is 15.0. The van der Waals surface area contributed by atoms with Crippen LogP contribution in [0.5, 0.6) is 5.75 Å². The van der Waals surface area contributed by atoms with Crippen LogP contribution < -0.4 is 9.91 Å². The van der Waals surface area contributed by atoms with Crippen molar-refractivity contribution in [2.75, 3.05) is 27.4 Å². The summed E-state index contributed by atoms with van der Waals surface area (Å²) in [5.74, 6) is -0.133. The van der Waals surface area contributed by atoms with Gasteiger partial charge in [0.25, 0.3) is 5.69 Å². The van der Waals surface area contributed by atoms with Crippen molar-refractivity contribution in [3.8, 4) is 5.75 Å². The number of carbonyl (C=O) groups excluding carboxylic acids is 1. The molecule has 0 unspecified atom stereocenters. The molecule has 108 valence electrons. The molecule has 1 aromatic carbocycles. The van der Waals surface area contributed by atoms with Crippen molar-refractivity contribution in [2.45, 2.75) is 0 Å². The highest BCUT2D eigenvalue weighted by molar-refractivity contribution is 6.32. The van der Waals surface area contributed by atoms with E-state index in [1.807, 2.05) is 0 Å². The van der Waals surface area contributed by atoms with Crippen LogP contribution in [0.25, 0.3) is 6.08 Å². The number of esters is 1. The molecule has 6 nitrogen and oxygen atoms in total. The van der Waals surface area contributed by atoms with Crippen LogP contribution in [0.15, 0.2) is 18.2 Å². The SMILES string of the molecule is COCCOc1cc(/C=C/C(=O)OC)c([NH+]=O)cc1Cl. The third-order valence-electron chi connectivity index (χ3n) is 2.36. The van der Waals surface area contributed by atoms with E-state index in [-0.39, 0.29) is 10.7 Å². The van der Waals surface area contributed by atoms with Gasteiger partial charge in [0, 0.05) is 29.3 Å². The highest BCUT2D eigenvalue weighted by atomic mass is 35.5. The predicted molar refractivity (Wildman–Crippen MR) is 73.9 cm³/mol. The number of rotatable bonds is 7.